The van der Waals surface area contributed by atoms with E-state index in [-0.39, 0.29) is 11.3 Å². The summed E-state index contributed by atoms with van der Waals surface area (Å²) in [6.07, 6.45) is 1.59. The maximum absolute atomic E-state index is 13.1. The molecule has 2 aromatic rings. The monoisotopic (exact) mass is 436 g/mol. The summed E-state index contributed by atoms with van der Waals surface area (Å²) in [6, 6.07) is 14.2. The van der Waals surface area contributed by atoms with Crippen molar-refractivity contribution in [2.24, 2.45) is 0 Å². The Morgan fingerprint density at radius 2 is 1.81 bits per heavy atom. The second-order valence-corrected chi connectivity index (χ2v) is 8.21. The quantitative estimate of drug-likeness (QED) is 0.365. The summed E-state index contributed by atoms with van der Waals surface area (Å²) in [7, 11) is 3.94. The van der Waals surface area contributed by atoms with Gasteiger partial charge in [-0.15, -0.1) is 0 Å². The molecular weight excluding hydrogens is 404 g/mol. The molecule has 1 fully saturated rings. The number of aliphatic hydroxyl groups excluding tert-OH is 1. The van der Waals surface area contributed by atoms with Gasteiger partial charge in [0, 0.05) is 12.1 Å². The first-order chi connectivity index (χ1) is 15.4. The van der Waals surface area contributed by atoms with Crippen LogP contribution in [0.2, 0.25) is 0 Å². The van der Waals surface area contributed by atoms with E-state index in [9.17, 15) is 14.7 Å². The fraction of sp³-hybridized carbons (Fsp3) is 0.385. The predicted molar refractivity (Wildman–Crippen MR) is 126 cm³/mol. The fourth-order valence-electron chi connectivity index (χ4n) is 4.01. The molecule has 2 aromatic carbocycles. The number of hydrogen-bond acceptors (Lipinski definition) is 5. The molecule has 0 radical (unpaired) electrons. The van der Waals surface area contributed by atoms with Gasteiger partial charge in [-0.3, -0.25) is 9.59 Å². The smallest absolute Gasteiger partial charge is 0.295 e. The molecule has 170 valence electrons. The molecule has 0 aliphatic carbocycles. The van der Waals surface area contributed by atoms with Gasteiger partial charge in [-0.05, 0) is 63.7 Å². The van der Waals surface area contributed by atoms with E-state index in [2.05, 4.69) is 6.92 Å². The van der Waals surface area contributed by atoms with Gasteiger partial charge in [0.15, 0.2) is 0 Å². The molecule has 1 aliphatic heterocycles. The number of likely N-dealkylation sites (tertiary alicyclic amines) is 1. The highest BCUT2D eigenvalue weighted by atomic mass is 16.5. The Bertz CT molecular complexity index is 995. The number of aliphatic hydroxyl groups is 1. The Kier molecular flexibility index (Phi) is 7.70. The van der Waals surface area contributed by atoms with E-state index in [1.54, 1.807) is 17.0 Å². The van der Waals surface area contributed by atoms with Crippen molar-refractivity contribution in [2.45, 2.75) is 32.7 Å². The van der Waals surface area contributed by atoms with Crippen LogP contribution in [0.1, 0.15) is 43.0 Å². The maximum atomic E-state index is 13.1. The van der Waals surface area contributed by atoms with Crippen molar-refractivity contribution in [3.63, 3.8) is 0 Å². The van der Waals surface area contributed by atoms with Crippen molar-refractivity contribution in [3.05, 3.63) is 70.8 Å². The molecule has 1 atom stereocenters. The Morgan fingerprint density at radius 3 is 2.44 bits per heavy atom. The van der Waals surface area contributed by atoms with Gasteiger partial charge in [-0.25, -0.2) is 0 Å². The van der Waals surface area contributed by atoms with Crippen molar-refractivity contribution in [2.75, 3.05) is 33.8 Å². The largest absolute Gasteiger partial charge is 0.507 e. The zero-order chi connectivity index (χ0) is 23.3. The molecule has 32 heavy (non-hydrogen) atoms. The van der Waals surface area contributed by atoms with Gasteiger partial charge >= 0.3 is 0 Å². The summed E-state index contributed by atoms with van der Waals surface area (Å²) in [5, 5.41) is 11.1. The third kappa shape index (κ3) is 5.02. The van der Waals surface area contributed by atoms with Crippen molar-refractivity contribution >= 4 is 17.4 Å². The van der Waals surface area contributed by atoms with Crippen LogP contribution < -0.4 is 4.74 Å². The normalized spacial score (nSPS) is 17.9. The molecule has 0 spiro atoms. The first-order valence-corrected chi connectivity index (χ1v) is 11.1. The lowest BCUT2D eigenvalue weighted by atomic mass is 9.94. The first kappa shape index (κ1) is 23.5. The zero-order valence-electron chi connectivity index (χ0n) is 19.3. The van der Waals surface area contributed by atoms with E-state index in [4.69, 9.17) is 4.74 Å². The first-order valence-electron chi connectivity index (χ1n) is 11.1. The summed E-state index contributed by atoms with van der Waals surface area (Å²) in [5.41, 5.74) is 2.52. The van der Waals surface area contributed by atoms with Crippen molar-refractivity contribution in [1.29, 1.82) is 0 Å². The van der Waals surface area contributed by atoms with Crippen molar-refractivity contribution < 1.29 is 19.4 Å². The second kappa shape index (κ2) is 10.5. The Labute approximate surface area is 190 Å². The summed E-state index contributed by atoms with van der Waals surface area (Å²) < 4.78 is 5.64. The van der Waals surface area contributed by atoms with Gasteiger partial charge in [0.05, 0.1) is 18.2 Å². The lowest BCUT2D eigenvalue weighted by molar-refractivity contribution is -0.139. The highest BCUT2D eigenvalue weighted by Gasteiger charge is 2.45. The average Bonchev–Trinajstić information content (AvgIpc) is 3.04. The van der Waals surface area contributed by atoms with Crippen molar-refractivity contribution in [1.82, 2.24) is 9.80 Å². The number of Topliss-reactive ketones (excluding diaryl/α,β-unsaturated/α-hetero) is 1. The predicted octanol–water partition coefficient (Wildman–Crippen LogP) is 4.02. The average molecular weight is 437 g/mol. The van der Waals surface area contributed by atoms with Gasteiger partial charge in [-0.1, -0.05) is 43.3 Å². The molecular formula is C26H32N2O4. The van der Waals surface area contributed by atoms with Crippen LogP contribution in [0.25, 0.3) is 5.76 Å². The number of nitrogens with zero attached hydrogens (tertiary/aromatic N) is 2. The lowest BCUT2D eigenvalue weighted by Gasteiger charge is -2.26. The Morgan fingerprint density at radius 1 is 1.09 bits per heavy atom. The molecule has 0 aromatic heterocycles. The van der Waals surface area contributed by atoms with Crippen LogP contribution in [0.15, 0.2) is 54.1 Å². The SMILES string of the molecule is CCOc1cccc(C2/C(=C(/O)c3ccc(CC)cc3)C(=O)C(=O)N2CCCN(C)C)c1. The Balaban J connectivity index is 2.08. The highest BCUT2D eigenvalue weighted by molar-refractivity contribution is 6.46. The fourth-order valence-corrected chi connectivity index (χ4v) is 4.01. The summed E-state index contributed by atoms with van der Waals surface area (Å²) in [5.74, 6) is -0.717. The number of ketones is 1. The molecule has 1 amide bonds. The maximum Gasteiger partial charge on any atom is 0.295 e. The Hall–Kier alpha value is -3.12. The number of benzene rings is 2. The van der Waals surface area contributed by atoms with Crippen LogP contribution in [0.5, 0.6) is 5.75 Å². The molecule has 1 heterocycles. The number of hydrogen-bond donors (Lipinski definition) is 1. The number of ether oxygens (including phenoxy) is 1. The summed E-state index contributed by atoms with van der Waals surface area (Å²) in [6.45, 7) is 5.67. The van der Waals surface area contributed by atoms with Crippen LogP contribution in [-0.2, 0) is 16.0 Å². The van der Waals surface area contributed by atoms with E-state index in [1.165, 1.54) is 0 Å². The van der Waals surface area contributed by atoms with Gasteiger partial charge in [0.1, 0.15) is 11.5 Å². The van der Waals surface area contributed by atoms with E-state index >= 15 is 0 Å². The zero-order valence-corrected chi connectivity index (χ0v) is 19.3. The lowest BCUT2D eigenvalue weighted by Crippen LogP contribution is -2.32. The minimum Gasteiger partial charge on any atom is -0.507 e. The third-order valence-electron chi connectivity index (χ3n) is 5.66. The summed E-state index contributed by atoms with van der Waals surface area (Å²) >= 11 is 0. The van der Waals surface area contributed by atoms with Crippen molar-refractivity contribution in [3.8, 4) is 5.75 Å². The molecule has 1 saturated heterocycles. The van der Waals surface area contributed by atoms with E-state index in [0.717, 1.165) is 24.1 Å². The van der Waals surface area contributed by atoms with Gasteiger partial charge in [0.25, 0.3) is 11.7 Å². The molecule has 1 aliphatic rings. The minimum atomic E-state index is -0.663. The van der Waals surface area contributed by atoms with Crippen LogP contribution in [0, 0.1) is 0 Å². The molecule has 3 rings (SSSR count). The molecule has 0 bridgehead atoms. The van der Waals surface area contributed by atoms with Gasteiger partial charge < -0.3 is 19.6 Å². The number of aryl methyl sites for hydroxylation is 1. The number of carbonyl (C=O) groups is 2. The molecule has 6 heteroatoms. The number of amides is 1. The molecule has 0 saturated carbocycles. The topological polar surface area (TPSA) is 70.1 Å². The summed E-state index contributed by atoms with van der Waals surface area (Å²) in [4.78, 5) is 29.7. The van der Waals surface area contributed by atoms with Gasteiger partial charge in [-0.2, -0.15) is 0 Å². The molecule has 1 unspecified atom stereocenters. The second-order valence-electron chi connectivity index (χ2n) is 8.21. The highest BCUT2D eigenvalue weighted by Crippen LogP contribution is 2.40. The van der Waals surface area contributed by atoms with Crippen LogP contribution in [-0.4, -0.2) is 60.4 Å². The standard InChI is InChI=1S/C26H32N2O4/c1-5-18-11-13-19(14-12-18)24(29)22-23(20-9-7-10-21(17-20)32-6-2)28(26(31)25(22)30)16-8-15-27(3)4/h7,9-14,17,23,29H,5-6,8,15-16H2,1-4H3/b24-22-. The van der Waals surface area contributed by atoms with E-state index in [0.29, 0.717) is 30.9 Å². The number of carbonyl (C=O) groups excluding carboxylic acids is 2. The van der Waals surface area contributed by atoms with Crippen LogP contribution in [0.3, 0.4) is 0 Å². The molecule has 6 nitrogen and oxygen atoms in total. The number of rotatable bonds is 9. The van der Waals surface area contributed by atoms with E-state index in [1.807, 2.05) is 62.3 Å². The molecule has 1 N–H and O–H groups in total. The minimum absolute atomic E-state index is 0.123. The van der Waals surface area contributed by atoms with E-state index < -0.39 is 17.7 Å². The van der Waals surface area contributed by atoms with Gasteiger partial charge in [0.2, 0.25) is 0 Å². The third-order valence-corrected chi connectivity index (χ3v) is 5.66. The van der Waals surface area contributed by atoms with Crippen LogP contribution in [0.4, 0.5) is 0 Å². The van der Waals surface area contributed by atoms with Crippen LogP contribution >= 0.6 is 0 Å².